The number of nitrogens with one attached hydrogen (secondary N) is 2. The van der Waals surface area contributed by atoms with E-state index in [9.17, 15) is 14.4 Å². The summed E-state index contributed by atoms with van der Waals surface area (Å²) in [6, 6.07) is 13.3. The molecule has 0 saturated heterocycles. The largest absolute Gasteiger partial charge is 0.453 e. The van der Waals surface area contributed by atoms with Gasteiger partial charge in [-0.1, -0.05) is 37.1 Å². The van der Waals surface area contributed by atoms with E-state index in [-0.39, 0.29) is 17.7 Å². The summed E-state index contributed by atoms with van der Waals surface area (Å²) in [6.07, 6.45) is 4.46. The van der Waals surface area contributed by atoms with Crippen molar-refractivity contribution in [2.75, 3.05) is 24.3 Å². The fourth-order valence-corrected chi connectivity index (χ4v) is 5.96. The van der Waals surface area contributed by atoms with Gasteiger partial charge in [0.05, 0.1) is 35.8 Å². The van der Waals surface area contributed by atoms with Gasteiger partial charge in [-0.3, -0.25) is 14.9 Å². The lowest BCUT2D eigenvalue weighted by Gasteiger charge is -2.35. The molecule has 0 aliphatic carbocycles. The molecule has 2 aliphatic rings. The minimum absolute atomic E-state index is 0.194. The summed E-state index contributed by atoms with van der Waals surface area (Å²) in [4.78, 5) is 44.7. The number of rotatable bonds is 3. The van der Waals surface area contributed by atoms with Crippen molar-refractivity contribution in [1.82, 2.24) is 19.7 Å². The van der Waals surface area contributed by atoms with Crippen LogP contribution in [0.2, 0.25) is 5.02 Å². The average molecular weight is 617 g/mol. The van der Waals surface area contributed by atoms with E-state index in [4.69, 9.17) is 16.3 Å². The van der Waals surface area contributed by atoms with Gasteiger partial charge in [0.1, 0.15) is 0 Å². The number of amides is 3. The van der Waals surface area contributed by atoms with E-state index < -0.39 is 18.1 Å². The van der Waals surface area contributed by atoms with Crippen molar-refractivity contribution in [1.29, 1.82) is 0 Å². The number of carbonyl (C=O) groups is 3. The molecule has 6 rings (SSSR count). The van der Waals surface area contributed by atoms with Gasteiger partial charge in [0.2, 0.25) is 11.9 Å². The molecule has 0 spiro atoms. The lowest BCUT2D eigenvalue weighted by atomic mass is 9.92. The van der Waals surface area contributed by atoms with E-state index in [0.717, 1.165) is 5.69 Å². The highest BCUT2D eigenvalue weighted by atomic mass is 35.5. The maximum atomic E-state index is 15.6. The van der Waals surface area contributed by atoms with Gasteiger partial charge in [0.25, 0.3) is 5.91 Å². The van der Waals surface area contributed by atoms with E-state index in [1.165, 1.54) is 13.3 Å². The number of hydrogen-bond donors (Lipinski definition) is 2. The average Bonchev–Trinajstić information content (AvgIpc) is 3.46. The molecular formula is C32H30ClFN6O4. The molecule has 2 aromatic carbocycles. The quantitative estimate of drug-likeness (QED) is 0.257. The van der Waals surface area contributed by atoms with Crippen molar-refractivity contribution in [3.63, 3.8) is 0 Å². The van der Waals surface area contributed by atoms with Crippen LogP contribution in [0.15, 0.2) is 60.9 Å². The van der Waals surface area contributed by atoms with Gasteiger partial charge in [-0.15, -0.1) is 0 Å². The van der Waals surface area contributed by atoms with Crippen molar-refractivity contribution in [3.8, 4) is 16.8 Å². The second-order valence-corrected chi connectivity index (χ2v) is 11.4. The van der Waals surface area contributed by atoms with E-state index in [0.29, 0.717) is 76.6 Å². The Morgan fingerprint density at radius 1 is 1.14 bits per heavy atom. The van der Waals surface area contributed by atoms with Crippen LogP contribution in [0.1, 0.15) is 53.8 Å². The molecule has 226 valence electrons. The zero-order valence-electron chi connectivity index (χ0n) is 24.1. The minimum atomic E-state index is -0.661. The number of carbonyl (C=O) groups excluding carboxylic acids is 3. The predicted molar refractivity (Wildman–Crippen MR) is 163 cm³/mol. The number of fused-ring (bicyclic) bond motifs is 5. The van der Waals surface area contributed by atoms with Gasteiger partial charge >= 0.3 is 6.09 Å². The molecule has 0 fully saturated rings. The second kappa shape index (κ2) is 12.1. The Morgan fingerprint density at radius 2 is 1.98 bits per heavy atom. The standard InChI is InChI=1S/C32H30ClFN6O4/c1-18-5-3-8-28(39-12-11-26-25(31(39)42)17-40(38-26)22-7-4-6-20(33)14-22)24-13-19(16-35-29(24)34)23-10-9-21(36-32(43)44-2)15-27(23)37-30(18)41/h4,6-7,9-10,13-18,28H,3,5,8,11-12H2,1-2H3,(H,36,43)(H,37,41)/t18?,28-/m0/s1. The van der Waals surface area contributed by atoms with E-state index in [1.807, 2.05) is 19.1 Å². The maximum Gasteiger partial charge on any atom is 0.411 e. The molecule has 4 heterocycles. The summed E-state index contributed by atoms with van der Waals surface area (Å²) in [5.74, 6) is -1.46. The summed E-state index contributed by atoms with van der Waals surface area (Å²) in [7, 11) is 1.26. The third-order valence-corrected chi connectivity index (χ3v) is 8.36. The van der Waals surface area contributed by atoms with Crippen molar-refractivity contribution in [2.45, 2.75) is 38.6 Å². The number of ether oxygens (including phenoxy) is 1. The molecule has 2 aromatic heterocycles. The SMILES string of the molecule is COC(=O)Nc1ccc2c(c1)NC(=O)C(C)CCC[C@H](N1CCc3nn(-c4cccc(Cl)c4)cc3C1=O)c1cc-2cnc1F. The number of aromatic nitrogens is 3. The second-order valence-electron chi connectivity index (χ2n) is 11.0. The van der Waals surface area contributed by atoms with Gasteiger partial charge < -0.3 is 15.0 Å². The molecule has 0 saturated carbocycles. The summed E-state index contributed by atoms with van der Waals surface area (Å²) in [5.41, 5.74) is 4.14. The fourth-order valence-electron chi connectivity index (χ4n) is 5.78. The molecule has 4 aromatic rings. The monoisotopic (exact) mass is 616 g/mol. The summed E-state index contributed by atoms with van der Waals surface area (Å²) in [5, 5.41) is 10.8. The van der Waals surface area contributed by atoms with Gasteiger partial charge in [-0.2, -0.15) is 9.49 Å². The van der Waals surface area contributed by atoms with Gasteiger partial charge in [-0.25, -0.2) is 14.5 Å². The van der Waals surface area contributed by atoms with E-state index >= 15 is 4.39 Å². The first-order chi connectivity index (χ1) is 21.2. The zero-order valence-corrected chi connectivity index (χ0v) is 24.9. The first-order valence-electron chi connectivity index (χ1n) is 14.3. The Hall–Kier alpha value is -4.77. The number of nitrogens with zero attached hydrogens (tertiary/aromatic N) is 4. The molecule has 2 atom stereocenters. The van der Waals surface area contributed by atoms with Crippen LogP contribution in [0, 0.1) is 11.9 Å². The summed E-state index contributed by atoms with van der Waals surface area (Å²) in [6.45, 7) is 2.18. The third-order valence-electron chi connectivity index (χ3n) is 8.13. The molecule has 44 heavy (non-hydrogen) atoms. The van der Waals surface area contributed by atoms with Crippen LogP contribution in [-0.2, 0) is 16.0 Å². The van der Waals surface area contributed by atoms with E-state index in [2.05, 4.69) is 20.7 Å². The van der Waals surface area contributed by atoms with Crippen molar-refractivity contribution < 1.29 is 23.5 Å². The maximum absolute atomic E-state index is 15.6. The van der Waals surface area contributed by atoms with Crippen LogP contribution in [0.25, 0.3) is 16.8 Å². The van der Waals surface area contributed by atoms with Crippen LogP contribution in [0.3, 0.4) is 0 Å². The molecular weight excluding hydrogens is 587 g/mol. The van der Waals surface area contributed by atoms with Crippen molar-refractivity contribution in [3.05, 3.63) is 88.7 Å². The third kappa shape index (κ3) is 5.74. The fraction of sp³-hybridized carbons (Fsp3) is 0.281. The van der Waals surface area contributed by atoms with Crippen LogP contribution in [-0.4, -0.2) is 51.2 Å². The first kappa shape index (κ1) is 29.3. The Labute approximate surface area is 258 Å². The number of methoxy groups -OCH3 is 1. The predicted octanol–water partition coefficient (Wildman–Crippen LogP) is 6.40. The topological polar surface area (TPSA) is 118 Å². The van der Waals surface area contributed by atoms with Crippen molar-refractivity contribution >= 4 is 40.9 Å². The molecule has 12 heteroatoms. The van der Waals surface area contributed by atoms with Crippen LogP contribution in [0.4, 0.5) is 20.6 Å². The van der Waals surface area contributed by atoms with Crippen LogP contribution in [0.5, 0.6) is 0 Å². The number of anilines is 2. The van der Waals surface area contributed by atoms with Gasteiger partial charge in [0.15, 0.2) is 0 Å². The number of halogens is 2. The molecule has 10 nitrogen and oxygen atoms in total. The lowest BCUT2D eigenvalue weighted by Crippen LogP contribution is -2.40. The summed E-state index contributed by atoms with van der Waals surface area (Å²) >= 11 is 6.18. The molecule has 0 radical (unpaired) electrons. The van der Waals surface area contributed by atoms with Gasteiger partial charge in [-0.05, 0) is 49.2 Å². The smallest absolute Gasteiger partial charge is 0.411 e. The first-order valence-corrected chi connectivity index (χ1v) is 14.7. The van der Waals surface area contributed by atoms with Crippen LogP contribution >= 0.6 is 11.6 Å². The Kier molecular flexibility index (Phi) is 8.05. The normalized spacial score (nSPS) is 18.3. The molecule has 2 bridgehead atoms. The van der Waals surface area contributed by atoms with Gasteiger partial charge in [0, 0.05) is 58.7 Å². The molecule has 3 amide bonds. The lowest BCUT2D eigenvalue weighted by molar-refractivity contribution is -0.119. The summed E-state index contributed by atoms with van der Waals surface area (Å²) < 4.78 is 21.9. The zero-order chi connectivity index (χ0) is 31.0. The highest BCUT2D eigenvalue weighted by molar-refractivity contribution is 6.30. The molecule has 2 N–H and O–H groups in total. The van der Waals surface area contributed by atoms with E-state index in [1.54, 1.807) is 52.2 Å². The Morgan fingerprint density at radius 3 is 2.77 bits per heavy atom. The Bertz CT molecular complexity index is 1780. The highest BCUT2D eigenvalue weighted by Crippen LogP contribution is 2.38. The van der Waals surface area contributed by atoms with Crippen molar-refractivity contribution in [2.24, 2.45) is 5.92 Å². The number of benzene rings is 2. The minimum Gasteiger partial charge on any atom is -0.453 e. The van der Waals surface area contributed by atoms with Crippen LogP contribution < -0.4 is 10.6 Å². The molecule has 2 aliphatic heterocycles. The highest BCUT2D eigenvalue weighted by Gasteiger charge is 2.35. The number of pyridine rings is 1. The molecule has 1 unspecified atom stereocenters. The number of hydrogen-bond acceptors (Lipinski definition) is 6. The Balaban J connectivity index is 1.39.